The number of alkyl halides is 2. The van der Waals surface area contributed by atoms with Crippen molar-refractivity contribution >= 4 is 11.9 Å². The van der Waals surface area contributed by atoms with Gasteiger partial charge in [0.05, 0.1) is 5.56 Å². The van der Waals surface area contributed by atoms with Crippen LogP contribution in [0.4, 0.5) is 13.2 Å². The predicted octanol–water partition coefficient (Wildman–Crippen LogP) is 2.43. The fourth-order valence-electron chi connectivity index (χ4n) is 2.69. The van der Waals surface area contributed by atoms with Crippen LogP contribution in [0.15, 0.2) is 18.2 Å². The van der Waals surface area contributed by atoms with E-state index >= 15 is 0 Å². The number of carbonyl (C=O) groups excluding carboxylic acids is 2. The number of rotatable bonds is 6. The highest BCUT2D eigenvalue weighted by atomic mass is 19.3. The molecule has 0 saturated heterocycles. The lowest BCUT2D eigenvalue weighted by Crippen LogP contribution is -2.45. The van der Waals surface area contributed by atoms with Crippen LogP contribution in [0.25, 0.3) is 0 Å². The molecule has 0 atom stereocenters. The summed E-state index contributed by atoms with van der Waals surface area (Å²) in [7, 11) is 0. The molecule has 0 spiro atoms. The van der Waals surface area contributed by atoms with E-state index in [0.717, 1.165) is 37.8 Å². The highest BCUT2D eigenvalue weighted by Crippen LogP contribution is 2.37. The van der Waals surface area contributed by atoms with Crippen molar-refractivity contribution in [2.24, 2.45) is 0 Å². The van der Waals surface area contributed by atoms with E-state index < -0.39 is 35.2 Å². The molecule has 1 saturated carbocycles. The van der Waals surface area contributed by atoms with Crippen molar-refractivity contribution in [1.29, 1.82) is 0 Å². The summed E-state index contributed by atoms with van der Waals surface area (Å²) in [5.41, 5.74) is -0.749. The zero-order valence-electron chi connectivity index (χ0n) is 12.9. The van der Waals surface area contributed by atoms with Gasteiger partial charge >= 0.3 is 12.1 Å². The van der Waals surface area contributed by atoms with Crippen LogP contribution >= 0.6 is 0 Å². The number of hydrogen-bond acceptors (Lipinski definition) is 5. The predicted molar refractivity (Wildman–Crippen MR) is 73.9 cm³/mol. The number of carbonyl (C=O) groups is 2. The van der Waals surface area contributed by atoms with Crippen LogP contribution in [-0.2, 0) is 9.53 Å². The molecule has 2 rings (SSSR count). The summed E-state index contributed by atoms with van der Waals surface area (Å²) < 4.78 is 48.9. The summed E-state index contributed by atoms with van der Waals surface area (Å²) in [6.07, 6.45) is -0.756. The van der Waals surface area contributed by atoms with E-state index in [2.05, 4.69) is 4.74 Å². The fourth-order valence-corrected chi connectivity index (χ4v) is 2.69. The first-order chi connectivity index (χ1) is 11.2. The van der Waals surface area contributed by atoms with Gasteiger partial charge in [0.15, 0.2) is 17.5 Å². The third kappa shape index (κ3) is 3.80. The number of benzene rings is 1. The van der Waals surface area contributed by atoms with Gasteiger partial charge in [-0.05, 0) is 50.3 Å². The van der Waals surface area contributed by atoms with Crippen LogP contribution in [0, 0.1) is 5.82 Å². The molecule has 1 aliphatic rings. The van der Waals surface area contributed by atoms with E-state index in [9.17, 15) is 27.9 Å². The molecule has 0 heterocycles. The first-order valence-corrected chi connectivity index (χ1v) is 7.50. The van der Waals surface area contributed by atoms with Crippen molar-refractivity contribution in [3.8, 4) is 5.75 Å². The minimum absolute atomic E-state index is 0.170. The summed E-state index contributed by atoms with van der Waals surface area (Å²) in [6, 6.07) is 2.45. The number of halogens is 3. The van der Waals surface area contributed by atoms with Crippen LogP contribution in [0.3, 0.4) is 0 Å². The Morgan fingerprint density at radius 1 is 1.29 bits per heavy atom. The minimum atomic E-state index is -4.68. The molecule has 0 radical (unpaired) electrons. The highest BCUT2D eigenvalue weighted by Gasteiger charge is 2.37. The molecule has 0 N–H and O–H groups in total. The Bertz CT molecular complexity index is 639. The molecule has 24 heavy (non-hydrogen) atoms. The molecule has 5 nitrogen and oxygen atoms in total. The summed E-state index contributed by atoms with van der Waals surface area (Å²) >= 11 is 0. The molecule has 1 fully saturated rings. The van der Waals surface area contributed by atoms with Crippen molar-refractivity contribution in [3.63, 3.8) is 0 Å². The number of carboxylic acid groups (broad SMARTS) is 1. The lowest BCUT2D eigenvalue weighted by atomic mass is 9.98. The van der Waals surface area contributed by atoms with E-state index in [1.165, 1.54) is 0 Å². The van der Waals surface area contributed by atoms with Gasteiger partial charge in [-0.1, -0.05) is 6.92 Å². The molecule has 0 aliphatic heterocycles. The normalized spacial score (nSPS) is 16.7. The van der Waals surface area contributed by atoms with Gasteiger partial charge in [0, 0.05) is 0 Å². The number of aliphatic carboxylic acids is 1. The molecule has 1 aliphatic carbocycles. The van der Waals surface area contributed by atoms with Crippen molar-refractivity contribution < 1.29 is 37.3 Å². The number of esters is 1. The molecule has 1 aromatic carbocycles. The monoisotopic (exact) mass is 345 g/mol. The first kappa shape index (κ1) is 18.1. The van der Waals surface area contributed by atoms with E-state index in [4.69, 9.17) is 4.74 Å². The first-order valence-electron chi connectivity index (χ1n) is 7.50. The zero-order valence-corrected chi connectivity index (χ0v) is 12.9. The van der Waals surface area contributed by atoms with E-state index in [-0.39, 0.29) is 5.56 Å². The van der Waals surface area contributed by atoms with Gasteiger partial charge in [0.1, 0.15) is 5.60 Å². The van der Waals surface area contributed by atoms with E-state index in [1.54, 1.807) is 0 Å². The van der Waals surface area contributed by atoms with Crippen molar-refractivity contribution in [1.82, 2.24) is 0 Å². The van der Waals surface area contributed by atoms with Crippen molar-refractivity contribution in [2.75, 3.05) is 0 Å². The van der Waals surface area contributed by atoms with Crippen LogP contribution in [-0.4, -0.2) is 23.6 Å². The average molecular weight is 345 g/mol. The van der Waals surface area contributed by atoms with Gasteiger partial charge in [-0.25, -0.2) is 9.18 Å². The van der Waals surface area contributed by atoms with Crippen LogP contribution < -0.4 is 9.84 Å². The number of ether oxygens (including phenoxy) is 2. The van der Waals surface area contributed by atoms with Crippen molar-refractivity contribution in [3.05, 3.63) is 29.6 Å². The Balaban J connectivity index is 2.14. The highest BCUT2D eigenvalue weighted by molar-refractivity contribution is 5.90. The van der Waals surface area contributed by atoms with Gasteiger partial charge in [0.25, 0.3) is 0 Å². The Kier molecular flexibility index (Phi) is 5.05. The SMILES string of the molecule is CCC1(OC(=O)c2ccc(OC(F)(F)C(=O)[O-])c(F)c2)CCCC1. The average Bonchev–Trinajstić information content (AvgIpc) is 2.98. The van der Waals surface area contributed by atoms with Gasteiger partial charge in [-0.15, -0.1) is 0 Å². The summed E-state index contributed by atoms with van der Waals surface area (Å²) in [5.74, 6) is -5.87. The van der Waals surface area contributed by atoms with Gasteiger partial charge in [-0.3, -0.25) is 0 Å². The van der Waals surface area contributed by atoms with Crippen LogP contribution in [0.1, 0.15) is 49.4 Å². The molecule has 0 bridgehead atoms. The third-order valence-electron chi connectivity index (χ3n) is 4.11. The maximum atomic E-state index is 13.8. The topological polar surface area (TPSA) is 75.7 Å². The minimum Gasteiger partial charge on any atom is -0.541 e. The van der Waals surface area contributed by atoms with Gasteiger partial charge in [0.2, 0.25) is 0 Å². The smallest absolute Gasteiger partial charge is 0.441 e. The third-order valence-corrected chi connectivity index (χ3v) is 4.11. The van der Waals surface area contributed by atoms with E-state index in [1.807, 2.05) is 6.92 Å². The van der Waals surface area contributed by atoms with Gasteiger partial charge in [-0.2, -0.15) is 8.78 Å². The molecular formula is C16H16F3O5-. The van der Waals surface area contributed by atoms with Crippen molar-refractivity contribution in [2.45, 2.75) is 50.7 Å². The molecule has 1 aromatic rings. The number of carboxylic acids is 1. The standard InChI is InChI=1S/C16H17F3O5/c1-2-15(7-3-4-8-15)24-13(20)10-5-6-12(11(17)9-10)23-16(18,19)14(21)22/h5-6,9H,2-4,7-8H2,1H3,(H,21,22)/p-1. The number of hydrogen-bond donors (Lipinski definition) is 0. The van der Waals surface area contributed by atoms with E-state index in [0.29, 0.717) is 12.5 Å². The second-order valence-corrected chi connectivity index (χ2v) is 5.68. The second-order valence-electron chi connectivity index (χ2n) is 5.68. The Hall–Kier alpha value is -2.25. The van der Waals surface area contributed by atoms with Crippen LogP contribution in [0.2, 0.25) is 0 Å². The van der Waals surface area contributed by atoms with Gasteiger partial charge < -0.3 is 19.4 Å². The molecule has 0 aromatic heterocycles. The molecule has 0 amide bonds. The Labute approximate surface area is 136 Å². The summed E-state index contributed by atoms with van der Waals surface area (Å²) in [5, 5.41) is 10.2. The summed E-state index contributed by atoms with van der Waals surface area (Å²) in [6.45, 7) is 1.89. The fraction of sp³-hybridized carbons (Fsp3) is 0.500. The summed E-state index contributed by atoms with van der Waals surface area (Å²) in [4.78, 5) is 22.3. The molecule has 0 unspecified atom stereocenters. The molecule has 132 valence electrons. The Morgan fingerprint density at radius 3 is 2.42 bits per heavy atom. The quantitative estimate of drug-likeness (QED) is 0.740. The molecular weight excluding hydrogens is 329 g/mol. The largest absolute Gasteiger partial charge is 0.541 e. The maximum absolute atomic E-state index is 13.8. The molecule has 8 heteroatoms. The maximum Gasteiger partial charge on any atom is 0.441 e. The second kappa shape index (κ2) is 6.70. The Morgan fingerprint density at radius 2 is 1.92 bits per heavy atom. The lowest BCUT2D eigenvalue weighted by molar-refractivity contribution is -0.350. The lowest BCUT2D eigenvalue weighted by Gasteiger charge is -2.27. The zero-order chi connectivity index (χ0) is 18.0. The van der Waals surface area contributed by atoms with Crippen LogP contribution in [0.5, 0.6) is 5.75 Å².